The molecule has 0 aliphatic carbocycles. The van der Waals surface area contributed by atoms with Gasteiger partial charge in [-0.25, -0.2) is 4.90 Å². The molecule has 1 N–H and O–H groups in total. The minimum absolute atomic E-state index is 0.206. The third-order valence-corrected chi connectivity index (χ3v) is 4.81. The second kappa shape index (κ2) is 7.34. The fourth-order valence-electron chi connectivity index (χ4n) is 3.35. The number of nitrogens with zero attached hydrogens (tertiary/aromatic N) is 4. The van der Waals surface area contributed by atoms with E-state index in [9.17, 15) is 14.4 Å². The summed E-state index contributed by atoms with van der Waals surface area (Å²) in [4.78, 5) is 39.1. The van der Waals surface area contributed by atoms with Crippen molar-refractivity contribution in [2.24, 2.45) is 10.3 Å². The highest BCUT2D eigenvalue weighted by Crippen LogP contribution is 2.31. The maximum Gasteiger partial charge on any atom is 0.263 e. The Morgan fingerprint density at radius 3 is 2.62 bits per heavy atom. The average Bonchev–Trinajstić information content (AvgIpc) is 3.23. The number of carbonyl (C=O) groups excluding carboxylic acids is 3. The van der Waals surface area contributed by atoms with Crippen molar-refractivity contribution in [3.8, 4) is 5.75 Å². The van der Waals surface area contributed by atoms with Crippen LogP contribution in [0.1, 0.15) is 5.56 Å². The third-order valence-electron chi connectivity index (χ3n) is 4.81. The van der Waals surface area contributed by atoms with Gasteiger partial charge in [-0.3, -0.25) is 19.4 Å². The largest absolute Gasteiger partial charge is 0.497 e. The number of fused-ring (bicyclic) bond motifs is 1. The van der Waals surface area contributed by atoms with Gasteiger partial charge in [0.05, 0.1) is 12.8 Å². The SMILES string of the molecule is COc1cccc(NC(=O)CN2N=N[C@H]3C(=O)N(c4ccc(C)cc4)C(=O)[C@@H]32)c1. The molecule has 2 aliphatic heterocycles. The minimum atomic E-state index is -0.937. The number of amides is 3. The molecule has 2 aromatic rings. The standard InChI is InChI=1S/C20H19N5O4/c1-12-6-8-14(9-7-12)25-19(27)17-18(20(25)28)24(23-22-17)11-16(26)21-13-4-3-5-15(10-13)29-2/h3-10,17-18H,11H2,1-2H3,(H,21,26)/t17-,18-/m1/s1. The summed E-state index contributed by atoms with van der Waals surface area (Å²) in [6, 6.07) is 12.1. The molecule has 0 unspecified atom stereocenters. The lowest BCUT2D eigenvalue weighted by molar-refractivity contribution is -0.123. The van der Waals surface area contributed by atoms with Gasteiger partial charge in [0.1, 0.15) is 12.3 Å². The van der Waals surface area contributed by atoms with E-state index in [1.807, 2.05) is 19.1 Å². The first-order valence-electron chi connectivity index (χ1n) is 9.04. The molecule has 9 nitrogen and oxygen atoms in total. The van der Waals surface area contributed by atoms with E-state index in [-0.39, 0.29) is 12.5 Å². The number of ether oxygens (including phenoxy) is 1. The van der Waals surface area contributed by atoms with Gasteiger partial charge in [-0.1, -0.05) is 29.0 Å². The lowest BCUT2D eigenvalue weighted by Gasteiger charge is -2.20. The van der Waals surface area contributed by atoms with Crippen LogP contribution in [0.2, 0.25) is 0 Å². The molecule has 2 heterocycles. The fourth-order valence-corrected chi connectivity index (χ4v) is 3.35. The lowest BCUT2D eigenvalue weighted by Crippen LogP contribution is -2.43. The quantitative estimate of drug-likeness (QED) is 0.782. The molecule has 0 aromatic heterocycles. The van der Waals surface area contributed by atoms with E-state index in [1.54, 1.807) is 36.4 Å². The van der Waals surface area contributed by atoms with Crippen LogP contribution >= 0.6 is 0 Å². The van der Waals surface area contributed by atoms with Gasteiger partial charge in [0, 0.05) is 11.8 Å². The molecule has 4 rings (SSSR count). The summed E-state index contributed by atoms with van der Waals surface area (Å²) in [5, 5.41) is 11.8. The molecule has 1 fully saturated rings. The number of hydrogen-bond acceptors (Lipinski definition) is 7. The molecule has 29 heavy (non-hydrogen) atoms. The minimum Gasteiger partial charge on any atom is -0.497 e. The van der Waals surface area contributed by atoms with Gasteiger partial charge in [0.25, 0.3) is 11.8 Å². The number of anilines is 2. The molecule has 0 saturated carbocycles. The van der Waals surface area contributed by atoms with E-state index in [0.29, 0.717) is 17.1 Å². The highest BCUT2D eigenvalue weighted by molar-refractivity contribution is 6.25. The number of hydrogen-bond donors (Lipinski definition) is 1. The Kier molecular flexibility index (Phi) is 4.71. The van der Waals surface area contributed by atoms with Crippen molar-refractivity contribution in [1.29, 1.82) is 0 Å². The number of benzene rings is 2. The van der Waals surface area contributed by atoms with Crippen molar-refractivity contribution in [3.63, 3.8) is 0 Å². The van der Waals surface area contributed by atoms with Crippen LogP contribution in [0.3, 0.4) is 0 Å². The van der Waals surface area contributed by atoms with Gasteiger partial charge < -0.3 is 10.1 Å². The summed E-state index contributed by atoms with van der Waals surface area (Å²) in [5.74, 6) is -0.660. The van der Waals surface area contributed by atoms with E-state index < -0.39 is 23.9 Å². The number of carbonyl (C=O) groups is 3. The van der Waals surface area contributed by atoms with Crippen LogP contribution in [0, 0.1) is 6.92 Å². The average molecular weight is 393 g/mol. The van der Waals surface area contributed by atoms with Crippen molar-refractivity contribution in [1.82, 2.24) is 5.01 Å². The van der Waals surface area contributed by atoms with Crippen LogP contribution in [0.5, 0.6) is 5.75 Å². The first-order valence-corrected chi connectivity index (χ1v) is 9.04. The van der Waals surface area contributed by atoms with Crippen molar-refractivity contribution < 1.29 is 19.1 Å². The Morgan fingerprint density at radius 2 is 1.90 bits per heavy atom. The molecule has 1 saturated heterocycles. The summed E-state index contributed by atoms with van der Waals surface area (Å²) in [6.07, 6.45) is 0. The normalized spacial score (nSPS) is 20.2. The Labute approximate surface area is 166 Å². The van der Waals surface area contributed by atoms with Gasteiger partial charge in [0.15, 0.2) is 12.1 Å². The fraction of sp³-hybridized carbons (Fsp3) is 0.250. The summed E-state index contributed by atoms with van der Waals surface area (Å²) < 4.78 is 5.13. The van der Waals surface area contributed by atoms with Gasteiger partial charge >= 0.3 is 0 Å². The van der Waals surface area contributed by atoms with Crippen LogP contribution < -0.4 is 15.0 Å². The monoisotopic (exact) mass is 393 g/mol. The Hall–Kier alpha value is -3.75. The molecule has 2 atom stereocenters. The number of aryl methyl sites for hydroxylation is 1. The first kappa shape index (κ1) is 18.6. The summed E-state index contributed by atoms with van der Waals surface area (Å²) >= 11 is 0. The maximum absolute atomic E-state index is 12.9. The highest BCUT2D eigenvalue weighted by atomic mass is 16.5. The van der Waals surface area contributed by atoms with E-state index in [2.05, 4.69) is 15.7 Å². The van der Waals surface area contributed by atoms with Crippen LogP contribution in [0.4, 0.5) is 11.4 Å². The predicted octanol–water partition coefficient (Wildman–Crippen LogP) is 1.94. The van der Waals surface area contributed by atoms with Gasteiger partial charge in [-0.15, -0.1) is 0 Å². The molecular formula is C20H19N5O4. The maximum atomic E-state index is 12.9. The molecule has 9 heteroatoms. The molecule has 0 bridgehead atoms. The predicted molar refractivity (Wildman–Crippen MR) is 104 cm³/mol. The van der Waals surface area contributed by atoms with E-state index >= 15 is 0 Å². The van der Waals surface area contributed by atoms with Crippen LogP contribution in [-0.4, -0.2) is 48.5 Å². The van der Waals surface area contributed by atoms with Gasteiger partial charge in [0.2, 0.25) is 5.91 Å². The highest BCUT2D eigenvalue weighted by Gasteiger charge is 2.55. The molecule has 148 valence electrons. The number of imide groups is 1. The van der Waals surface area contributed by atoms with Crippen molar-refractivity contribution >= 4 is 29.1 Å². The van der Waals surface area contributed by atoms with E-state index in [0.717, 1.165) is 10.5 Å². The molecule has 0 radical (unpaired) electrons. The zero-order valence-corrected chi connectivity index (χ0v) is 15.9. The zero-order chi connectivity index (χ0) is 20.5. The number of nitrogens with one attached hydrogen (secondary N) is 1. The number of methoxy groups -OCH3 is 1. The van der Waals surface area contributed by atoms with Crippen molar-refractivity contribution in [2.75, 3.05) is 23.9 Å². The summed E-state index contributed by atoms with van der Waals surface area (Å²) in [5.41, 5.74) is 2.05. The van der Waals surface area contributed by atoms with Crippen molar-refractivity contribution in [2.45, 2.75) is 19.0 Å². The van der Waals surface area contributed by atoms with Crippen LogP contribution in [0.25, 0.3) is 0 Å². The Balaban J connectivity index is 1.47. The lowest BCUT2D eigenvalue weighted by atomic mass is 10.1. The van der Waals surface area contributed by atoms with E-state index in [1.165, 1.54) is 12.1 Å². The smallest absolute Gasteiger partial charge is 0.263 e. The molecule has 0 spiro atoms. The van der Waals surface area contributed by atoms with Crippen LogP contribution in [0.15, 0.2) is 58.9 Å². The molecule has 2 aliphatic rings. The number of rotatable bonds is 5. The molecule has 3 amide bonds. The Morgan fingerprint density at radius 1 is 1.14 bits per heavy atom. The van der Waals surface area contributed by atoms with Crippen molar-refractivity contribution in [3.05, 3.63) is 54.1 Å². The summed E-state index contributed by atoms with van der Waals surface area (Å²) in [7, 11) is 1.54. The molecular weight excluding hydrogens is 374 g/mol. The van der Waals surface area contributed by atoms with Gasteiger partial charge in [-0.05, 0) is 31.2 Å². The second-order valence-electron chi connectivity index (χ2n) is 6.82. The zero-order valence-electron chi connectivity index (χ0n) is 15.9. The second-order valence-corrected chi connectivity index (χ2v) is 6.82. The van der Waals surface area contributed by atoms with E-state index in [4.69, 9.17) is 4.74 Å². The third kappa shape index (κ3) is 3.42. The van der Waals surface area contributed by atoms with Crippen LogP contribution in [-0.2, 0) is 14.4 Å². The Bertz CT molecular complexity index is 1000. The first-order chi connectivity index (χ1) is 14.0. The molecule has 2 aromatic carbocycles. The summed E-state index contributed by atoms with van der Waals surface area (Å²) in [6.45, 7) is 1.71. The van der Waals surface area contributed by atoms with Gasteiger partial charge in [-0.2, -0.15) is 5.11 Å². The topological polar surface area (TPSA) is 104 Å².